The number of halogens is 3. The van der Waals surface area contributed by atoms with E-state index in [2.05, 4.69) is 15.2 Å². The Kier molecular flexibility index (Phi) is 3.83. The molecular formula is C15H15F3N4O. The van der Waals surface area contributed by atoms with Gasteiger partial charge < -0.3 is 4.90 Å². The van der Waals surface area contributed by atoms with Gasteiger partial charge in [0, 0.05) is 13.0 Å². The number of nitrogens with one attached hydrogen (secondary N) is 1. The number of hydrogen-bond donors (Lipinski definition) is 1. The second-order valence-corrected chi connectivity index (χ2v) is 5.70. The van der Waals surface area contributed by atoms with Gasteiger partial charge in [0.2, 0.25) is 5.91 Å². The lowest BCUT2D eigenvalue weighted by Gasteiger charge is -2.15. The first-order chi connectivity index (χ1) is 10.9. The lowest BCUT2D eigenvalue weighted by atomic mass is 10.1. The summed E-state index contributed by atoms with van der Waals surface area (Å²) in [5, 5.41) is 6.38. The lowest BCUT2D eigenvalue weighted by Crippen LogP contribution is -2.28. The number of H-pyrrole nitrogens is 1. The summed E-state index contributed by atoms with van der Waals surface area (Å²) >= 11 is 0. The van der Waals surface area contributed by atoms with Crippen LogP contribution < -0.4 is 0 Å². The highest BCUT2D eigenvalue weighted by Gasteiger charge is 2.45. The average Bonchev–Trinajstić information content (AvgIpc) is 3.15. The Labute approximate surface area is 130 Å². The summed E-state index contributed by atoms with van der Waals surface area (Å²) in [5.41, 5.74) is -0.116. The maximum absolute atomic E-state index is 12.8. The molecule has 0 aliphatic heterocycles. The molecule has 0 spiro atoms. The maximum Gasteiger partial charge on any atom is 0.416 e. The summed E-state index contributed by atoms with van der Waals surface area (Å²) in [5.74, 6) is 0.0503. The predicted octanol–water partition coefficient (Wildman–Crippen LogP) is 2.59. The van der Waals surface area contributed by atoms with Crippen molar-refractivity contribution >= 4 is 5.91 Å². The number of nitrogens with zero attached hydrogens (tertiary/aromatic N) is 3. The second kappa shape index (κ2) is 5.68. The Balaban J connectivity index is 1.66. The molecule has 1 amide bonds. The van der Waals surface area contributed by atoms with Crippen LogP contribution in [0, 0.1) is 5.92 Å². The number of aromatic nitrogens is 3. The number of aromatic amines is 1. The van der Waals surface area contributed by atoms with Crippen molar-refractivity contribution in [1.82, 2.24) is 20.1 Å². The molecule has 1 aromatic carbocycles. The molecule has 1 saturated carbocycles. The van der Waals surface area contributed by atoms with Crippen LogP contribution in [0.4, 0.5) is 13.2 Å². The van der Waals surface area contributed by atoms with E-state index in [9.17, 15) is 18.0 Å². The third-order valence-corrected chi connectivity index (χ3v) is 3.98. The molecule has 2 aromatic rings. The van der Waals surface area contributed by atoms with E-state index in [-0.39, 0.29) is 17.7 Å². The second-order valence-electron chi connectivity index (χ2n) is 5.70. The zero-order valence-electron chi connectivity index (χ0n) is 12.3. The fourth-order valence-corrected chi connectivity index (χ4v) is 2.67. The summed E-state index contributed by atoms with van der Waals surface area (Å²) in [6, 6.07) is 5.20. The van der Waals surface area contributed by atoms with Crippen molar-refractivity contribution in [3.63, 3.8) is 0 Å². The van der Waals surface area contributed by atoms with Crippen LogP contribution in [0.2, 0.25) is 0 Å². The highest BCUT2D eigenvalue weighted by atomic mass is 19.4. The first kappa shape index (κ1) is 15.5. The van der Waals surface area contributed by atoms with Crippen LogP contribution in [0.25, 0.3) is 0 Å². The van der Waals surface area contributed by atoms with E-state index in [1.807, 2.05) is 0 Å². The van der Waals surface area contributed by atoms with E-state index in [0.717, 1.165) is 12.1 Å². The van der Waals surface area contributed by atoms with Crippen molar-refractivity contribution in [2.75, 3.05) is 7.05 Å². The Morgan fingerprint density at radius 1 is 1.43 bits per heavy atom. The summed E-state index contributed by atoms with van der Waals surface area (Å²) in [6.07, 6.45) is -2.44. The molecule has 23 heavy (non-hydrogen) atoms. The molecule has 3 rings (SSSR count). The summed E-state index contributed by atoms with van der Waals surface area (Å²) in [6.45, 7) is 0.296. The van der Waals surface area contributed by atoms with Gasteiger partial charge >= 0.3 is 6.18 Å². The number of hydrogen-bond acceptors (Lipinski definition) is 3. The normalized spacial score (nSPS) is 20.3. The molecule has 1 aliphatic rings. The van der Waals surface area contributed by atoms with Crippen molar-refractivity contribution in [3.05, 3.63) is 47.5 Å². The number of carbonyl (C=O) groups excluding carboxylic acids is 1. The molecule has 0 bridgehead atoms. The molecule has 1 N–H and O–H groups in total. The van der Waals surface area contributed by atoms with Crippen LogP contribution in [0.1, 0.15) is 29.3 Å². The van der Waals surface area contributed by atoms with Gasteiger partial charge in [0.1, 0.15) is 12.2 Å². The monoisotopic (exact) mass is 324 g/mol. The Hall–Kier alpha value is -2.38. The molecule has 1 fully saturated rings. The fraction of sp³-hybridized carbons (Fsp3) is 0.400. The SMILES string of the molecule is CN(Cc1ncn[nH]1)C(=O)[C@H]1C[C@@H]1c1cccc(C(F)(F)F)c1. The highest BCUT2D eigenvalue weighted by molar-refractivity contribution is 5.82. The van der Waals surface area contributed by atoms with Crippen LogP contribution in [0.15, 0.2) is 30.6 Å². The van der Waals surface area contributed by atoms with E-state index < -0.39 is 11.7 Å². The molecule has 0 saturated heterocycles. The van der Waals surface area contributed by atoms with E-state index in [0.29, 0.717) is 24.4 Å². The van der Waals surface area contributed by atoms with E-state index in [1.165, 1.54) is 17.3 Å². The van der Waals surface area contributed by atoms with E-state index in [1.54, 1.807) is 13.1 Å². The largest absolute Gasteiger partial charge is 0.416 e. The zero-order chi connectivity index (χ0) is 16.6. The number of rotatable bonds is 4. The third-order valence-electron chi connectivity index (χ3n) is 3.98. The molecule has 1 aliphatic carbocycles. The minimum Gasteiger partial charge on any atom is -0.338 e. The van der Waals surface area contributed by atoms with Gasteiger partial charge in [0.25, 0.3) is 0 Å². The quantitative estimate of drug-likeness (QED) is 0.940. The van der Waals surface area contributed by atoms with Crippen molar-refractivity contribution in [2.24, 2.45) is 5.92 Å². The van der Waals surface area contributed by atoms with Gasteiger partial charge in [-0.25, -0.2) is 4.98 Å². The van der Waals surface area contributed by atoms with Gasteiger partial charge in [0.05, 0.1) is 12.1 Å². The Bertz CT molecular complexity index is 699. The fourth-order valence-electron chi connectivity index (χ4n) is 2.67. The number of amides is 1. The van der Waals surface area contributed by atoms with Crippen LogP contribution in [0.3, 0.4) is 0 Å². The first-order valence-corrected chi connectivity index (χ1v) is 7.12. The van der Waals surface area contributed by atoms with Gasteiger partial charge in [-0.3, -0.25) is 9.89 Å². The average molecular weight is 324 g/mol. The maximum atomic E-state index is 12.8. The van der Waals surface area contributed by atoms with Gasteiger partial charge in [-0.15, -0.1) is 0 Å². The van der Waals surface area contributed by atoms with Gasteiger partial charge in [0.15, 0.2) is 0 Å². The van der Waals surface area contributed by atoms with Crippen molar-refractivity contribution in [3.8, 4) is 0 Å². The topological polar surface area (TPSA) is 61.9 Å². The van der Waals surface area contributed by atoms with E-state index in [4.69, 9.17) is 0 Å². The summed E-state index contributed by atoms with van der Waals surface area (Å²) in [4.78, 5) is 17.8. The smallest absolute Gasteiger partial charge is 0.338 e. The molecule has 122 valence electrons. The van der Waals surface area contributed by atoms with E-state index >= 15 is 0 Å². The minimum atomic E-state index is -4.37. The van der Waals surface area contributed by atoms with Gasteiger partial charge in [-0.1, -0.05) is 18.2 Å². The predicted molar refractivity (Wildman–Crippen MR) is 75.1 cm³/mol. The minimum absolute atomic E-state index is 0.0937. The Morgan fingerprint density at radius 2 is 2.22 bits per heavy atom. The van der Waals surface area contributed by atoms with Crippen LogP contribution in [-0.4, -0.2) is 33.0 Å². The molecule has 5 nitrogen and oxygen atoms in total. The van der Waals surface area contributed by atoms with Crippen LogP contribution in [-0.2, 0) is 17.5 Å². The molecule has 0 unspecified atom stereocenters. The van der Waals surface area contributed by atoms with Crippen LogP contribution >= 0.6 is 0 Å². The number of benzene rings is 1. The summed E-state index contributed by atoms with van der Waals surface area (Å²) in [7, 11) is 1.65. The van der Waals surface area contributed by atoms with Crippen molar-refractivity contribution in [1.29, 1.82) is 0 Å². The van der Waals surface area contributed by atoms with Crippen LogP contribution in [0.5, 0.6) is 0 Å². The Morgan fingerprint density at radius 3 is 2.87 bits per heavy atom. The summed E-state index contributed by atoms with van der Waals surface area (Å²) < 4.78 is 38.3. The van der Waals surface area contributed by atoms with Gasteiger partial charge in [-0.05, 0) is 24.0 Å². The zero-order valence-corrected chi connectivity index (χ0v) is 12.3. The van der Waals surface area contributed by atoms with Crippen molar-refractivity contribution < 1.29 is 18.0 Å². The third kappa shape index (κ3) is 3.35. The molecule has 8 heteroatoms. The molecule has 1 heterocycles. The molecule has 1 aromatic heterocycles. The lowest BCUT2D eigenvalue weighted by molar-refractivity contribution is -0.137. The van der Waals surface area contributed by atoms with Gasteiger partial charge in [-0.2, -0.15) is 18.3 Å². The highest BCUT2D eigenvalue weighted by Crippen LogP contribution is 2.49. The number of carbonyl (C=O) groups is 1. The molecule has 2 atom stereocenters. The standard InChI is InChI=1S/C15H15F3N4O/c1-22(7-13-19-8-20-21-13)14(23)12-6-11(12)9-3-2-4-10(5-9)15(16,17)18/h2-5,8,11-12H,6-7H2,1H3,(H,19,20,21)/t11-,12+/m1/s1. The number of alkyl halides is 3. The van der Waals surface area contributed by atoms with Crippen molar-refractivity contribution in [2.45, 2.75) is 25.1 Å². The molecule has 0 radical (unpaired) electrons. The first-order valence-electron chi connectivity index (χ1n) is 7.12. The molecular weight excluding hydrogens is 309 g/mol.